The quantitative estimate of drug-likeness (QED) is 0.858. The minimum Gasteiger partial charge on any atom is -0.497 e. The predicted octanol–water partition coefficient (Wildman–Crippen LogP) is 3.85. The summed E-state index contributed by atoms with van der Waals surface area (Å²) in [4.78, 5) is 14.4. The van der Waals surface area contributed by atoms with E-state index in [4.69, 9.17) is 4.74 Å². The van der Waals surface area contributed by atoms with Gasteiger partial charge in [0.25, 0.3) is 5.91 Å². The third kappa shape index (κ3) is 3.55. The average Bonchev–Trinajstić information content (AvgIpc) is 2.61. The summed E-state index contributed by atoms with van der Waals surface area (Å²) in [6.07, 6.45) is 4.73. The van der Waals surface area contributed by atoms with E-state index in [1.54, 1.807) is 12.0 Å². The van der Waals surface area contributed by atoms with Crippen LogP contribution in [0.15, 0.2) is 42.5 Å². The van der Waals surface area contributed by atoms with E-state index in [-0.39, 0.29) is 5.91 Å². The minimum absolute atomic E-state index is 0.0780. The first-order valence-corrected chi connectivity index (χ1v) is 8.17. The number of carbonyl (C=O) groups is 1. The minimum atomic E-state index is 0.0780. The molecule has 0 radical (unpaired) electrons. The first kappa shape index (κ1) is 15.6. The topological polar surface area (TPSA) is 29.5 Å². The van der Waals surface area contributed by atoms with Crippen LogP contribution in [0, 0.1) is 0 Å². The van der Waals surface area contributed by atoms with Gasteiger partial charge in [-0.15, -0.1) is 0 Å². The van der Waals surface area contributed by atoms with Crippen LogP contribution in [0.2, 0.25) is 0 Å². The molecule has 1 aliphatic rings. The van der Waals surface area contributed by atoms with E-state index in [2.05, 4.69) is 12.1 Å². The maximum absolute atomic E-state index is 12.7. The van der Waals surface area contributed by atoms with Crippen LogP contribution in [0.5, 0.6) is 5.75 Å². The number of rotatable bonds is 4. The van der Waals surface area contributed by atoms with Gasteiger partial charge in [-0.05, 0) is 66.6 Å². The van der Waals surface area contributed by atoms with Gasteiger partial charge in [0.05, 0.1) is 7.11 Å². The van der Waals surface area contributed by atoms with Crippen LogP contribution in [0.25, 0.3) is 0 Å². The first-order chi connectivity index (χ1) is 11.2. The zero-order valence-electron chi connectivity index (χ0n) is 13.8. The summed E-state index contributed by atoms with van der Waals surface area (Å²) in [5.74, 6) is 0.909. The van der Waals surface area contributed by atoms with Crippen LogP contribution in [0.1, 0.15) is 39.9 Å². The molecule has 2 aromatic carbocycles. The van der Waals surface area contributed by atoms with Gasteiger partial charge in [0.1, 0.15) is 5.75 Å². The number of aryl methyl sites for hydroxylation is 2. The standard InChI is InChI=1S/C20H23NO2/c1-21(14-15-7-11-19(23-2)12-8-15)20(22)18-10-9-16-5-3-4-6-17(16)13-18/h7-13H,3-6,14H2,1-2H3. The zero-order valence-corrected chi connectivity index (χ0v) is 13.8. The molecular formula is C20H23NO2. The molecule has 0 aliphatic heterocycles. The molecule has 3 nitrogen and oxygen atoms in total. The summed E-state index contributed by atoms with van der Waals surface area (Å²) in [7, 11) is 3.51. The Kier molecular flexibility index (Phi) is 4.65. The summed E-state index contributed by atoms with van der Waals surface area (Å²) in [6.45, 7) is 0.597. The van der Waals surface area contributed by atoms with Gasteiger partial charge in [0.2, 0.25) is 0 Å². The van der Waals surface area contributed by atoms with Crippen molar-refractivity contribution in [2.75, 3.05) is 14.2 Å². The van der Waals surface area contributed by atoms with E-state index in [0.29, 0.717) is 6.54 Å². The molecule has 0 unspecified atom stereocenters. The second-order valence-corrected chi connectivity index (χ2v) is 6.20. The summed E-state index contributed by atoms with van der Waals surface area (Å²) < 4.78 is 5.16. The molecule has 1 amide bonds. The number of carbonyl (C=O) groups excluding carboxylic acids is 1. The first-order valence-electron chi connectivity index (χ1n) is 8.17. The molecule has 0 atom stereocenters. The Morgan fingerprint density at radius 3 is 2.43 bits per heavy atom. The molecule has 0 heterocycles. The van der Waals surface area contributed by atoms with Crippen molar-refractivity contribution < 1.29 is 9.53 Å². The summed E-state index contributed by atoms with van der Waals surface area (Å²) >= 11 is 0. The lowest BCUT2D eigenvalue weighted by Gasteiger charge is -2.20. The number of methoxy groups -OCH3 is 1. The summed E-state index contributed by atoms with van der Waals surface area (Å²) in [6, 6.07) is 14.0. The fraction of sp³-hybridized carbons (Fsp3) is 0.350. The Bertz CT molecular complexity index is 691. The van der Waals surface area contributed by atoms with Gasteiger partial charge in [0, 0.05) is 19.2 Å². The normalized spacial score (nSPS) is 13.3. The maximum Gasteiger partial charge on any atom is 0.253 e. The lowest BCUT2D eigenvalue weighted by molar-refractivity contribution is 0.0785. The molecule has 0 N–H and O–H groups in total. The SMILES string of the molecule is COc1ccc(CN(C)C(=O)c2ccc3c(c2)CCCC3)cc1. The molecule has 1 aliphatic carbocycles. The second-order valence-electron chi connectivity index (χ2n) is 6.20. The molecule has 3 heteroatoms. The Balaban J connectivity index is 1.71. The highest BCUT2D eigenvalue weighted by molar-refractivity contribution is 5.94. The summed E-state index contributed by atoms with van der Waals surface area (Å²) in [5.41, 5.74) is 4.65. The van der Waals surface area contributed by atoms with Crippen LogP contribution in [-0.4, -0.2) is 25.0 Å². The van der Waals surface area contributed by atoms with Crippen LogP contribution in [-0.2, 0) is 19.4 Å². The molecule has 2 aromatic rings. The highest BCUT2D eigenvalue weighted by Crippen LogP contribution is 2.23. The average molecular weight is 309 g/mol. The van der Waals surface area contributed by atoms with Crippen molar-refractivity contribution in [1.82, 2.24) is 4.90 Å². The van der Waals surface area contributed by atoms with E-state index in [1.807, 2.05) is 37.4 Å². The van der Waals surface area contributed by atoms with Crippen molar-refractivity contribution in [2.45, 2.75) is 32.2 Å². The van der Waals surface area contributed by atoms with Crippen molar-refractivity contribution in [3.05, 3.63) is 64.7 Å². The molecule has 120 valence electrons. The van der Waals surface area contributed by atoms with Crippen molar-refractivity contribution in [3.63, 3.8) is 0 Å². The molecule has 0 fully saturated rings. The van der Waals surface area contributed by atoms with E-state index < -0.39 is 0 Å². The smallest absolute Gasteiger partial charge is 0.253 e. The van der Waals surface area contributed by atoms with Crippen LogP contribution >= 0.6 is 0 Å². The lowest BCUT2D eigenvalue weighted by Crippen LogP contribution is -2.26. The number of hydrogen-bond acceptors (Lipinski definition) is 2. The fourth-order valence-corrected chi connectivity index (χ4v) is 3.16. The summed E-state index contributed by atoms with van der Waals surface area (Å²) in [5, 5.41) is 0. The number of nitrogens with zero attached hydrogens (tertiary/aromatic N) is 1. The highest BCUT2D eigenvalue weighted by atomic mass is 16.5. The third-order valence-corrected chi connectivity index (χ3v) is 4.52. The van der Waals surface area contributed by atoms with Crippen molar-refractivity contribution >= 4 is 5.91 Å². The zero-order chi connectivity index (χ0) is 16.2. The van der Waals surface area contributed by atoms with Crippen LogP contribution < -0.4 is 4.74 Å². The highest BCUT2D eigenvalue weighted by Gasteiger charge is 2.16. The number of fused-ring (bicyclic) bond motifs is 1. The Hall–Kier alpha value is -2.29. The van der Waals surface area contributed by atoms with E-state index in [9.17, 15) is 4.79 Å². The molecule has 0 spiro atoms. The maximum atomic E-state index is 12.7. The third-order valence-electron chi connectivity index (χ3n) is 4.52. The van der Waals surface area contributed by atoms with Crippen molar-refractivity contribution in [2.24, 2.45) is 0 Å². The molecule has 0 bridgehead atoms. The molecule has 3 rings (SSSR count). The number of amides is 1. The second kappa shape index (κ2) is 6.86. The van der Waals surface area contributed by atoms with Gasteiger partial charge >= 0.3 is 0 Å². The molecular weight excluding hydrogens is 286 g/mol. The largest absolute Gasteiger partial charge is 0.497 e. The Morgan fingerprint density at radius 2 is 1.74 bits per heavy atom. The van der Waals surface area contributed by atoms with Crippen LogP contribution in [0.3, 0.4) is 0 Å². The molecule has 0 aromatic heterocycles. The molecule has 0 saturated heterocycles. The predicted molar refractivity (Wildman–Crippen MR) is 91.9 cm³/mol. The van der Waals surface area contributed by atoms with Crippen molar-refractivity contribution in [3.8, 4) is 5.75 Å². The van der Waals surface area contributed by atoms with Gasteiger partial charge in [-0.25, -0.2) is 0 Å². The van der Waals surface area contributed by atoms with Crippen LogP contribution in [0.4, 0.5) is 0 Å². The van der Waals surface area contributed by atoms with E-state index >= 15 is 0 Å². The van der Waals surface area contributed by atoms with Gasteiger partial charge in [0.15, 0.2) is 0 Å². The number of hydrogen-bond donors (Lipinski definition) is 0. The molecule has 0 saturated carbocycles. The number of benzene rings is 2. The fourth-order valence-electron chi connectivity index (χ4n) is 3.16. The Labute approximate surface area is 137 Å². The lowest BCUT2D eigenvalue weighted by atomic mass is 9.90. The van der Waals surface area contributed by atoms with Gasteiger partial charge in [-0.1, -0.05) is 18.2 Å². The monoisotopic (exact) mass is 309 g/mol. The molecule has 23 heavy (non-hydrogen) atoms. The van der Waals surface area contributed by atoms with E-state index in [0.717, 1.165) is 29.7 Å². The Morgan fingerprint density at radius 1 is 1.04 bits per heavy atom. The van der Waals surface area contributed by atoms with E-state index in [1.165, 1.54) is 24.0 Å². The van der Waals surface area contributed by atoms with Gasteiger partial charge < -0.3 is 9.64 Å². The van der Waals surface area contributed by atoms with Crippen molar-refractivity contribution in [1.29, 1.82) is 0 Å². The van der Waals surface area contributed by atoms with Gasteiger partial charge in [-0.3, -0.25) is 4.79 Å². The van der Waals surface area contributed by atoms with Gasteiger partial charge in [-0.2, -0.15) is 0 Å². The number of ether oxygens (including phenoxy) is 1.